The standard InChI is InChI=1S/C13H14BrN.C6H12.CH3NO/c1-4-5-13(14)12-7-11(8-15)9(2)6-10(12)3;1-6-4-2-3-5-6;1-2-3/h5-7H,4H2,1-3H3;6H,2-5H2,1H3;1H3/b13-5+;;. The van der Waals surface area contributed by atoms with Gasteiger partial charge in [0.2, 0.25) is 0 Å². The van der Waals surface area contributed by atoms with Crippen LogP contribution in [0.15, 0.2) is 23.4 Å². The molecule has 0 heterocycles. The topological polar surface area (TPSA) is 53.2 Å². The van der Waals surface area contributed by atoms with E-state index in [4.69, 9.17) is 10.2 Å². The van der Waals surface area contributed by atoms with E-state index in [9.17, 15) is 0 Å². The first-order valence-electron chi connectivity index (χ1n) is 8.49. The molecule has 1 aliphatic rings. The Balaban J connectivity index is 0.000000482. The van der Waals surface area contributed by atoms with Gasteiger partial charge in [0.25, 0.3) is 0 Å². The van der Waals surface area contributed by atoms with Crippen molar-refractivity contribution in [2.24, 2.45) is 11.1 Å². The van der Waals surface area contributed by atoms with Crippen molar-refractivity contribution in [3.63, 3.8) is 0 Å². The molecule has 0 N–H and O–H groups in total. The molecule has 1 saturated carbocycles. The molecule has 0 atom stereocenters. The molecule has 0 aromatic heterocycles. The molecule has 1 fully saturated rings. The molecule has 0 amide bonds. The van der Waals surface area contributed by atoms with Gasteiger partial charge in [0, 0.05) is 4.48 Å². The summed E-state index contributed by atoms with van der Waals surface area (Å²) in [6, 6.07) is 6.21. The third-order valence-electron chi connectivity index (χ3n) is 3.98. The van der Waals surface area contributed by atoms with Crippen molar-refractivity contribution in [2.75, 3.05) is 7.05 Å². The van der Waals surface area contributed by atoms with Crippen LogP contribution < -0.4 is 0 Å². The third-order valence-corrected chi connectivity index (χ3v) is 4.73. The molecule has 1 aliphatic carbocycles. The lowest BCUT2D eigenvalue weighted by Gasteiger charge is -2.07. The normalized spacial score (nSPS) is 14.0. The molecule has 1 aromatic carbocycles. The van der Waals surface area contributed by atoms with Gasteiger partial charge in [-0.25, -0.2) is 0 Å². The summed E-state index contributed by atoms with van der Waals surface area (Å²) in [4.78, 5) is 8.56. The van der Waals surface area contributed by atoms with Gasteiger partial charge in [0.15, 0.2) is 0 Å². The largest absolute Gasteiger partial charge is 0.192 e. The van der Waals surface area contributed by atoms with Crippen molar-refractivity contribution in [3.05, 3.63) is 45.4 Å². The molecule has 0 aliphatic heterocycles. The van der Waals surface area contributed by atoms with E-state index in [-0.39, 0.29) is 0 Å². The number of nitriles is 1. The first-order chi connectivity index (χ1) is 11.4. The average molecular weight is 393 g/mol. The number of halogens is 1. The number of allylic oxidation sites excluding steroid dienone is 1. The van der Waals surface area contributed by atoms with Crippen LogP contribution in [0.2, 0.25) is 0 Å². The van der Waals surface area contributed by atoms with Crippen molar-refractivity contribution in [3.8, 4) is 6.07 Å². The molecular formula is C20H29BrN2O. The van der Waals surface area contributed by atoms with Gasteiger partial charge in [-0.2, -0.15) is 10.2 Å². The maximum atomic E-state index is 8.96. The second kappa shape index (κ2) is 12.9. The Kier molecular flexibility index (Phi) is 12.1. The number of aryl methyl sites for hydroxylation is 2. The van der Waals surface area contributed by atoms with E-state index < -0.39 is 0 Å². The fourth-order valence-corrected chi connectivity index (χ4v) is 3.40. The van der Waals surface area contributed by atoms with E-state index in [2.05, 4.69) is 60.1 Å². The predicted octanol–water partition coefficient (Wildman–Crippen LogP) is 6.90. The Morgan fingerprint density at radius 1 is 1.33 bits per heavy atom. The first kappa shape index (κ1) is 22.5. The number of rotatable bonds is 2. The molecule has 2 rings (SSSR count). The highest BCUT2D eigenvalue weighted by molar-refractivity contribution is 9.15. The predicted molar refractivity (Wildman–Crippen MR) is 107 cm³/mol. The van der Waals surface area contributed by atoms with Crippen molar-refractivity contribution in [1.82, 2.24) is 0 Å². The van der Waals surface area contributed by atoms with Crippen LogP contribution in [-0.4, -0.2) is 7.05 Å². The van der Waals surface area contributed by atoms with E-state index in [1.54, 1.807) is 0 Å². The van der Waals surface area contributed by atoms with Crippen LogP contribution >= 0.6 is 15.9 Å². The second-order valence-corrected chi connectivity index (χ2v) is 6.98. The molecule has 3 nitrogen and oxygen atoms in total. The van der Waals surface area contributed by atoms with Gasteiger partial charge in [-0.05, 0) is 48.9 Å². The van der Waals surface area contributed by atoms with Gasteiger partial charge < -0.3 is 0 Å². The maximum absolute atomic E-state index is 8.96. The van der Waals surface area contributed by atoms with Gasteiger partial charge in [-0.3, -0.25) is 0 Å². The molecule has 0 radical (unpaired) electrons. The molecule has 24 heavy (non-hydrogen) atoms. The Bertz CT molecular complexity index is 582. The average Bonchev–Trinajstić information content (AvgIpc) is 3.00. The van der Waals surface area contributed by atoms with Crippen LogP contribution in [0.1, 0.15) is 68.2 Å². The van der Waals surface area contributed by atoms with Gasteiger partial charge in [-0.1, -0.05) is 72.8 Å². The Labute approximate surface area is 155 Å². The van der Waals surface area contributed by atoms with Crippen LogP contribution in [0.5, 0.6) is 0 Å². The van der Waals surface area contributed by atoms with Gasteiger partial charge in [0.05, 0.1) is 18.7 Å². The molecule has 132 valence electrons. The lowest BCUT2D eigenvalue weighted by Crippen LogP contribution is -1.90. The van der Waals surface area contributed by atoms with Gasteiger partial charge in [0.1, 0.15) is 0 Å². The molecule has 0 spiro atoms. The lowest BCUT2D eigenvalue weighted by molar-refractivity contribution is 0.612. The van der Waals surface area contributed by atoms with Crippen molar-refractivity contribution in [1.29, 1.82) is 5.26 Å². The highest BCUT2D eigenvalue weighted by atomic mass is 79.9. The molecule has 0 unspecified atom stereocenters. The lowest BCUT2D eigenvalue weighted by atomic mass is 10.00. The molecule has 4 heteroatoms. The van der Waals surface area contributed by atoms with E-state index in [0.29, 0.717) is 0 Å². The second-order valence-electron chi connectivity index (χ2n) is 6.13. The summed E-state index contributed by atoms with van der Waals surface area (Å²) in [5, 5.41) is 11.2. The number of nitrogens with zero attached hydrogens (tertiary/aromatic N) is 2. The number of hydrogen-bond donors (Lipinski definition) is 0. The number of hydrogen-bond acceptors (Lipinski definition) is 3. The SMILES string of the molecule is CC/C=C(/Br)c1cc(C#N)c(C)cc1C.CC1CCCC1.CN=O. The van der Waals surface area contributed by atoms with Crippen molar-refractivity contribution in [2.45, 2.75) is 59.8 Å². The van der Waals surface area contributed by atoms with E-state index in [1.165, 1.54) is 38.3 Å². The van der Waals surface area contributed by atoms with Gasteiger partial charge >= 0.3 is 0 Å². The molecule has 0 bridgehead atoms. The summed E-state index contributed by atoms with van der Waals surface area (Å²) in [5.41, 5.74) is 4.09. The summed E-state index contributed by atoms with van der Waals surface area (Å²) in [6.07, 6.45) is 9.04. The van der Waals surface area contributed by atoms with Crippen LogP contribution in [0.25, 0.3) is 4.48 Å². The van der Waals surface area contributed by atoms with Gasteiger partial charge in [-0.15, -0.1) is 0 Å². The van der Waals surface area contributed by atoms with E-state index >= 15 is 0 Å². The summed E-state index contributed by atoms with van der Waals surface area (Å²) in [7, 11) is 1.19. The van der Waals surface area contributed by atoms with Crippen LogP contribution in [0.3, 0.4) is 0 Å². The van der Waals surface area contributed by atoms with Crippen LogP contribution in [0.4, 0.5) is 0 Å². The monoisotopic (exact) mass is 392 g/mol. The smallest absolute Gasteiger partial charge is 0.0994 e. The summed E-state index contributed by atoms with van der Waals surface area (Å²) in [5.74, 6) is 1.05. The molecule has 1 aromatic rings. The summed E-state index contributed by atoms with van der Waals surface area (Å²) < 4.78 is 1.07. The summed E-state index contributed by atoms with van der Waals surface area (Å²) in [6.45, 7) is 8.46. The minimum absolute atomic E-state index is 0.747. The minimum Gasteiger partial charge on any atom is -0.192 e. The Hall–Kier alpha value is -1.47. The summed E-state index contributed by atoms with van der Waals surface area (Å²) >= 11 is 3.54. The molecular weight excluding hydrogens is 364 g/mol. The number of benzene rings is 1. The minimum atomic E-state index is 0.747. The van der Waals surface area contributed by atoms with E-state index in [0.717, 1.165) is 33.5 Å². The zero-order chi connectivity index (χ0) is 18.5. The zero-order valence-electron chi connectivity index (χ0n) is 15.5. The fourth-order valence-electron chi connectivity index (χ4n) is 2.65. The van der Waals surface area contributed by atoms with Crippen LogP contribution in [-0.2, 0) is 0 Å². The van der Waals surface area contributed by atoms with Crippen molar-refractivity contribution < 1.29 is 0 Å². The first-order valence-corrected chi connectivity index (χ1v) is 9.29. The maximum Gasteiger partial charge on any atom is 0.0994 e. The van der Waals surface area contributed by atoms with Crippen LogP contribution in [0, 0.1) is 36.0 Å². The van der Waals surface area contributed by atoms with E-state index in [1.807, 2.05) is 13.0 Å². The quantitative estimate of drug-likeness (QED) is 0.513. The van der Waals surface area contributed by atoms with Crippen molar-refractivity contribution >= 4 is 20.4 Å². The number of nitroso groups, excluding NO2 is 1. The Morgan fingerprint density at radius 2 is 1.88 bits per heavy atom. The Morgan fingerprint density at radius 3 is 2.25 bits per heavy atom. The zero-order valence-corrected chi connectivity index (χ0v) is 17.1. The third kappa shape index (κ3) is 8.40. The molecule has 0 saturated heterocycles. The highest BCUT2D eigenvalue weighted by Gasteiger charge is 2.07. The fraction of sp³-hybridized carbons (Fsp3) is 0.550. The highest BCUT2D eigenvalue weighted by Crippen LogP contribution is 2.27.